The Kier molecular flexibility index (Phi) is 7.57. The molecule has 0 atom stereocenters. The summed E-state index contributed by atoms with van der Waals surface area (Å²) >= 11 is 0. The quantitative estimate of drug-likeness (QED) is 0.157. The Balaban J connectivity index is 1.06. The van der Waals surface area contributed by atoms with Crippen LogP contribution in [-0.2, 0) is 0 Å². The molecule has 0 saturated heterocycles. The average Bonchev–Trinajstić information content (AvgIpc) is 3.87. The highest BCUT2D eigenvalue weighted by atomic mass is 16.3. The third-order valence-electron chi connectivity index (χ3n) is 12.5. The van der Waals surface area contributed by atoms with Gasteiger partial charge in [-0.25, -0.2) is 0 Å². The number of hydrogen-bond donors (Lipinski definition) is 0. The molecule has 0 amide bonds. The summed E-state index contributed by atoms with van der Waals surface area (Å²) in [6.45, 7) is 0. The highest BCUT2D eigenvalue weighted by Crippen LogP contribution is 2.47. The normalized spacial score (nSPS) is 11.9. The molecule has 62 heavy (non-hydrogen) atoms. The number of furan rings is 2. The van der Waals surface area contributed by atoms with Crippen LogP contribution in [0.4, 0.5) is 34.1 Å². The zero-order chi connectivity index (χ0) is 40.7. The molecule has 290 valence electrons. The molecule has 0 N–H and O–H groups in total. The van der Waals surface area contributed by atoms with E-state index in [1.807, 2.05) is 0 Å². The van der Waals surface area contributed by atoms with Gasteiger partial charge in [0.25, 0.3) is 0 Å². The van der Waals surface area contributed by atoms with E-state index in [9.17, 15) is 0 Å². The number of para-hydroxylation sites is 2. The Morgan fingerprint density at radius 2 is 0.677 bits per heavy atom. The Bertz CT molecular complexity index is 3890. The highest BCUT2D eigenvalue weighted by molar-refractivity contribution is 6.16. The van der Waals surface area contributed by atoms with Crippen molar-refractivity contribution in [2.75, 3.05) is 9.80 Å². The summed E-state index contributed by atoms with van der Waals surface area (Å²) < 4.78 is 13.3. The van der Waals surface area contributed by atoms with Crippen LogP contribution in [-0.4, -0.2) is 0 Å². The number of benzene rings is 11. The fourth-order valence-corrected chi connectivity index (χ4v) is 9.60. The van der Waals surface area contributed by atoms with Crippen molar-refractivity contribution in [3.63, 3.8) is 0 Å². The zero-order valence-electron chi connectivity index (χ0n) is 33.5. The average molecular weight is 793 g/mol. The van der Waals surface area contributed by atoms with Crippen molar-refractivity contribution in [3.8, 4) is 0 Å². The minimum atomic E-state index is 0.845. The molecule has 13 aromatic rings. The van der Waals surface area contributed by atoms with E-state index in [2.05, 4.69) is 228 Å². The SMILES string of the molecule is c1ccc(N(c2ccc3c(c2)oc2cc4ccccc4cc23)c2cc(N(c3ccccc3)c3ccc4c(c3)oc3cc5ccccc5cc34)c3ccc4ccccc4c3c2)cc1. The van der Waals surface area contributed by atoms with Gasteiger partial charge in [0, 0.05) is 67.5 Å². The maximum Gasteiger partial charge on any atom is 0.137 e. The molecular formula is C58H36N2O2. The first-order valence-corrected chi connectivity index (χ1v) is 21.1. The van der Waals surface area contributed by atoms with Crippen LogP contribution in [0.15, 0.2) is 227 Å². The lowest BCUT2D eigenvalue weighted by molar-refractivity contribution is 0.669. The van der Waals surface area contributed by atoms with Crippen LogP contribution in [0.1, 0.15) is 0 Å². The third-order valence-corrected chi connectivity index (χ3v) is 12.5. The van der Waals surface area contributed by atoms with Crippen molar-refractivity contribution in [1.29, 1.82) is 0 Å². The molecule has 13 rings (SSSR count). The lowest BCUT2D eigenvalue weighted by Crippen LogP contribution is -2.14. The van der Waals surface area contributed by atoms with E-state index in [1.54, 1.807) is 0 Å². The van der Waals surface area contributed by atoms with E-state index in [1.165, 1.54) is 21.5 Å². The van der Waals surface area contributed by atoms with E-state index in [-0.39, 0.29) is 0 Å². The molecule has 2 aromatic heterocycles. The van der Waals surface area contributed by atoms with Crippen LogP contribution in [0.3, 0.4) is 0 Å². The van der Waals surface area contributed by atoms with E-state index in [4.69, 9.17) is 8.83 Å². The molecule has 0 aliphatic carbocycles. The largest absolute Gasteiger partial charge is 0.456 e. The molecule has 4 nitrogen and oxygen atoms in total. The Morgan fingerprint density at radius 1 is 0.226 bits per heavy atom. The summed E-state index contributed by atoms with van der Waals surface area (Å²) in [7, 11) is 0. The first-order chi connectivity index (χ1) is 30.7. The standard InChI is InChI=1S/C58H36N2O2/c1-3-18-42(19-4-1)59(44-24-27-49-52-29-38-14-7-9-16-40(38)31-55(52)61-57(49)35-44)46-33-51-47-22-12-11-13-37(47)23-26-48(51)54(34-46)60(43-20-5-2-6-21-43)45-25-28-50-53-30-39-15-8-10-17-41(39)32-56(53)62-58(50)36-45/h1-36H. The summed E-state index contributed by atoms with van der Waals surface area (Å²) in [4.78, 5) is 4.73. The van der Waals surface area contributed by atoms with Crippen LogP contribution in [0.25, 0.3) is 87.0 Å². The summed E-state index contributed by atoms with van der Waals surface area (Å²) in [6.07, 6.45) is 0. The predicted octanol–water partition coefficient (Wildman–Crippen LogP) is 17.0. The van der Waals surface area contributed by atoms with Crippen LogP contribution in [0, 0.1) is 0 Å². The van der Waals surface area contributed by atoms with Crippen molar-refractivity contribution in [1.82, 2.24) is 0 Å². The Morgan fingerprint density at radius 3 is 1.26 bits per heavy atom. The number of fused-ring (bicyclic) bond motifs is 11. The number of nitrogens with zero attached hydrogens (tertiary/aromatic N) is 2. The first-order valence-electron chi connectivity index (χ1n) is 21.1. The molecule has 4 heteroatoms. The zero-order valence-corrected chi connectivity index (χ0v) is 33.5. The third kappa shape index (κ3) is 5.47. The molecule has 0 fully saturated rings. The van der Waals surface area contributed by atoms with Gasteiger partial charge in [-0.3, -0.25) is 0 Å². The minimum Gasteiger partial charge on any atom is -0.456 e. The molecule has 0 unspecified atom stereocenters. The van der Waals surface area contributed by atoms with Gasteiger partial charge in [0.1, 0.15) is 22.3 Å². The van der Waals surface area contributed by atoms with Crippen molar-refractivity contribution < 1.29 is 8.83 Å². The molecule has 0 bridgehead atoms. The second-order valence-electron chi connectivity index (χ2n) is 16.1. The molecule has 0 aliphatic heterocycles. The van der Waals surface area contributed by atoms with E-state index >= 15 is 0 Å². The monoisotopic (exact) mass is 792 g/mol. The first kappa shape index (κ1) is 34.5. The van der Waals surface area contributed by atoms with Gasteiger partial charge in [0.15, 0.2) is 0 Å². The van der Waals surface area contributed by atoms with E-state index in [0.717, 1.165) is 99.5 Å². The summed E-state index contributed by atoms with van der Waals surface area (Å²) in [5.41, 5.74) is 9.62. The lowest BCUT2D eigenvalue weighted by atomic mass is 9.98. The van der Waals surface area contributed by atoms with Crippen LogP contribution in [0.2, 0.25) is 0 Å². The smallest absolute Gasteiger partial charge is 0.137 e. The second-order valence-corrected chi connectivity index (χ2v) is 16.1. The Labute approximate surface area is 356 Å². The van der Waals surface area contributed by atoms with Gasteiger partial charge >= 0.3 is 0 Å². The maximum absolute atomic E-state index is 6.68. The maximum atomic E-state index is 6.68. The minimum absolute atomic E-state index is 0.845. The lowest BCUT2D eigenvalue weighted by Gasteiger charge is -2.31. The highest BCUT2D eigenvalue weighted by Gasteiger charge is 2.23. The van der Waals surface area contributed by atoms with Crippen molar-refractivity contribution in [2.24, 2.45) is 0 Å². The molecule has 0 spiro atoms. The van der Waals surface area contributed by atoms with Gasteiger partial charge in [-0.1, -0.05) is 121 Å². The number of rotatable bonds is 6. The van der Waals surface area contributed by atoms with Crippen LogP contribution >= 0.6 is 0 Å². The summed E-state index contributed by atoms with van der Waals surface area (Å²) in [6, 6.07) is 78.2. The summed E-state index contributed by atoms with van der Waals surface area (Å²) in [5.74, 6) is 0. The molecule has 2 heterocycles. The topological polar surface area (TPSA) is 32.8 Å². The van der Waals surface area contributed by atoms with Crippen molar-refractivity contribution in [3.05, 3.63) is 218 Å². The fourth-order valence-electron chi connectivity index (χ4n) is 9.60. The van der Waals surface area contributed by atoms with E-state index in [0.29, 0.717) is 0 Å². The second kappa shape index (κ2) is 13.6. The molecule has 0 saturated carbocycles. The molecule has 0 radical (unpaired) electrons. The van der Waals surface area contributed by atoms with E-state index < -0.39 is 0 Å². The van der Waals surface area contributed by atoms with Gasteiger partial charge in [0.05, 0.1) is 5.69 Å². The van der Waals surface area contributed by atoms with Gasteiger partial charge in [-0.2, -0.15) is 0 Å². The fraction of sp³-hybridized carbons (Fsp3) is 0. The Hall–Kier alpha value is -8.34. The van der Waals surface area contributed by atoms with Gasteiger partial charge in [0.2, 0.25) is 0 Å². The predicted molar refractivity (Wildman–Crippen MR) is 260 cm³/mol. The van der Waals surface area contributed by atoms with Crippen LogP contribution < -0.4 is 9.80 Å². The van der Waals surface area contributed by atoms with Crippen LogP contribution in [0.5, 0.6) is 0 Å². The van der Waals surface area contributed by atoms with Crippen molar-refractivity contribution in [2.45, 2.75) is 0 Å². The van der Waals surface area contributed by atoms with Gasteiger partial charge in [-0.15, -0.1) is 0 Å². The van der Waals surface area contributed by atoms with Gasteiger partial charge in [-0.05, 0) is 123 Å². The summed E-state index contributed by atoms with van der Waals surface area (Å²) in [5, 5.41) is 13.8. The number of anilines is 6. The molecule has 0 aliphatic rings. The molecular weight excluding hydrogens is 757 g/mol. The number of hydrogen-bond acceptors (Lipinski definition) is 4. The molecule has 11 aromatic carbocycles. The van der Waals surface area contributed by atoms with Gasteiger partial charge < -0.3 is 18.6 Å². The van der Waals surface area contributed by atoms with Crippen molar-refractivity contribution >= 4 is 121 Å².